The fourth-order valence-electron chi connectivity index (χ4n) is 1.64. The fourth-order valence-corrected chi connectivity index (χ4v) is 3.34. The molecule has 2 rings (SSSR count). The van der Waals surface area contributed by atoms with Crippen molar-refractivity contribution in [1.29, 1.82) is 0 Å². The van der Waals surface area contributed by atoms with Crippen molar-refractivity contribution in [3.05, 3.63) is 29.8 Å². The van der Waals surface area contributed by atoms with E-state index in [0.717, 1.165) is 5.56 Å². The zero-order valence-corrected chi connectivity index (χ0v) is 8.00. The monoisotopic (exact) mass is 199 g/mol. The maximum atomic E-state index is 9.73. The second-order valence-electron chi connectivity index (χ2n) is 3.30. The van der Waals surface area contributed by atoms with Crippen molar-refractivity contribution in [2.75, 3.05) is 5.75 Å². The smallest absolute Gasteiger partial charge is 0.0631 e. The Morgan fingerprint density at radius 2 is 2.00 bits per heavy atom. The molecule has 1 aromatic carbocycles. The zero-order valence-electron chi connectivity index (χ0n) is 7.18. The van der Waals surface area contributed by atoms with Crippen molar-refractivity contribution in [2.45, 2.75) is 17.4 Å². The lowest BCUT2D eigenvalue weighted by molar-refractivity contribution is 0.468. The minimum Gasteiger partial charge on any atom is -0.324 e. The van der Waals surface area contributed by atoms with E-state index in [0.29, 0.717) is 17.1 Å². The molecule has 0 unspecified atom stereocenters. The van der Waals surface area contributed by atoms with Crippen LogP contribution in [0.3, 0.4) is 0 Å². The lowest BCUT2D eigenvalue weighted by atomic mass is 10.1. The summed E-state index contributed by atoms with van der Waals surface area (Å²) in [5.41, 5.74) is 6.74. The third-order valence-electron chi connectivity index (χ3n) is 2.38. The molecule has 1 heterocycles. The highest BCUT2D eigenvalue weighted by Crippen LogP contribution is 2.54. The van der Waals surface area contributed by atoms with Crippen LogP contribution in [0, 0.1) is 0 Å². The second-order valence-corrected chi connectivity index (χ2v) is 5.49. The van der Waals surface area contributed by atoms with Gasteiger partial charge in [-0.15, -0.1) is 0 Å². The molecular weight excluding hydrogens is 186 g/mol. The van der Waals surface area contributed by atoms with E-state index in [9.17, 15) is 9.11 Å². The standard InChI is InChI=1S/C9H13NO2S/c10-8-5-6-13(11,12)9-4-2-1-3-7(8)9/h1-4,8,11-12H,5-6,10H2/t8-/m0/s1. The molecule has 0 saturated heterocycles. The van der Waals surface area contributed by atoms with Gasteiger partial charge in [0.1, 0.15) is 0 Å². The molecule has 0 aliphatic carbocycles. The van der Waals surface area contributed by atoms with E-state index in [2.05, 4.69) is 0 Å². The van der Waals surface area contributed by atoms with E-state index < -0.39 is 10.6 Å². The normalized spacial score (nSPS) is 27.8. The summed E-state index contributed by atoms with van der Waals surface area (Å²) in [4.78, 5) is 0.633. The molecular formula is C9H13NO2S. The summed E-state index contributed by atoms with van der Waals surface area (Å²) in [6.45, 7) is 0. The van der Waals surface area contributed by atoms with Gasteiger partial charge in [-0.2, -0.15) is 10.6 Å². The van der Waals surface area contributed by atoms with Gasteiger partial charge in [0.2, 0.25) is 0 Å². The summed E-state index contributed by atoms with van der Waals surface area (Å²) in [6.07, 6.45) is 0.652. The Morgan fingerprint density at radius 3 is 2.69 bits per heavy atom. The minimum atomic E-state index is -2.55. The molecule has 0 aromatic heterocycles. The molecule has 4 heteroatoms. The Labute approximate surface area is 78.9 Å². The number of benzene rings is 1. The molecule has 1 aromatic rings. The van der Waals surface area contributed by atoms with Gasteiger partial charge in [-0.25, -0.2) is 0 Å². The van der Waals surface area contributed by atoms with Crippen molar-refractivity contribution in [2.24, 2.45) is 5.73 Å². The predicted molar refractivity (Wildman–Crippen MR) is 54.0 cm³/mol. The van der Waals surface area contributed by atoms with E-state index in [1.54, 1.807) is 6.07 Å². The Hall–Kier alpha value is -0.550. The molecule has 13 heavy (non-hydrogen) atoms. The first-order chi connectivity index (χ1) is 6.11. The summed E-state index contributed by atoms with van der Waals surface area (Å²) in [6, 6.07) is 7.26. The van der Waals surface area contributed by atoms with Crippen LogP contribution in [0.25, 0.3) is 0 Å². The number of rotatable bonds is 0. The summed E-state index contributed by atoms with van der Waals surface area (Å²) < 4.78 is 19.5. The molecule has 0 saturated carbocycles. The van der Waals surface area contributed by atoms with Gasteiger partial charge < -0.3 is 5.73 Å². The van der Waals surface area contributed by atoms with Crippen LogP contribution in [0.4, 0.5) is 0 Å². The molecule has 1 aliphatic rings. The largest absolute Gasteiger partial charge is 0.324 e. The van der Waals surface area contributed by atoms with Gasteiger partial charge in [-0.05, 0) is 18.1 Å². The van der Waals surface area contributed by atoms with Crippen molar-refractivity contribution >= 4 is 10.6 Å². The lowest BCUT2D eigenvalue weighted by Gasteiger charge is -2.39. The lowest BCUT2D eigenvalue weighted by Crippen LogP contribution is -2.22. The molecule has 3 nitrogen and oxygen atoms in total. The Kier molecular flexibility index (Phi) is 2.08. The predicted octanol–water partition coefficient (Wildman–Crippen LogP) is 2.20. The average molecular weight is 199 g/mol. The maximum Gasteiger partial charge on any atom is 0.0631 e. The summed E-state index contributed by atoms with van der Waals surface area (Å²) in [7, 11) is -2.55. The molecule has 72 valence electrons. The van der Waals surface area contributed by atoms with Crippen molar-refractivity contribution in [3.8, 4) is 0 Å². The third-order valence-corrected chi connectivity index (χ3v) is 4.27. The van der Waals surface area contributed by atoms with Gasteiger partial charge in [-0.3, -0.25) is 9.11 Å². The molecule has 1 atom stereocenters. The molecule has 0 spiro atoms. The Bertz CT molecular complexity index is 327. The highest BCUT2D eigenvalue weighted by Gasteiger charge is 2.27. The third kappa shape index (κ3) is 1.46. The quantitative estimate of drug-likeness (QED) is 0.600. The Morgan fingerprint density at radius 1 is 1.31 bits per heavy atom. The van der Waals surface area contributed by atoms with Crippen LogP contribution < -0.4 is 5.73 Å². The van der Waals surface area contributed by atoms with Crippen LogP contribution in [0.2, 0.25) is 0 Å². The summed E-state index contributed by atoms with van der Waals surface area (Å²) >= 11 is 0. The average Bonchev–Trinajstić information content (AvgIpc) is 2.13. The van der Waals surface area contributed by atoms with Gasteiger partial charge in [0.25, 0.3) is 0 Å². The number of hydrogen-bond acceptors (Lipinski definition) is 3. The van der Waals surface area contributed by atoms with Crippen LogP contribution in [0.1, 0.15) is 18.0 Å². The topological polar surface area (TPSA) is 66.5 Å². The highest BCUT2D eigenvalue weighted by atomic mass is 32.3. The second kappa shape index (κ2) is 2.99. The number of hydrogen-bond donors (Lipinski definition) is 3. The van der Waals surface area contributed by atoms with E-state index in [1.807, 2.05) is 18.2 Å². The van der Waals surface area contributed by atoms with E-state index in [-0.39, 0.29) is 6.04 Å². The van der Waals surface area contributed by atoms with Crippen LogP contribution >= 0.6 is 10.6 Å². The highest BCUT2D eigenvalue weighted by molar-refractivity contribution is 8.24. The van der Waals surface area contributed by atoms with Crippen LogP contribution in [-0.4, -0.2) is 14.9 Å². The first kappa shape index (κ1) is 9.02. The fraction of sp³-hybridized carbons (Fsp3) is 0.333. The molecule has 1 aliphatic heterocycles. The van der Waals surface area contributed by atoms with Crippen LogP contribution in [-0.2, 0) is 0 Å². The minimum absolute atomic E-state index is 0.0453. The Balaban J connectivity index is 2.55. The van der Waals surface area contributed by atoms with Crippen molar-refractivity contribution in [3.63, 3.8) is 0 Å². The zero-order chi connectivity index (χ0) is 9.47. The first-order valence-corrected chi connectivity index (χ1v) is 5.93. The molecule has 0 amide bonds. The molecule has 0 bridgehead atoms. The molecule has 0 fully saturated rings. The SMILES string of the molecule is N[C@H]1CCS(O)(O)c2ccccc21. The van der Waals surface area contributed by atoms with Gasteiger partial charge in [0.05, 0.1) is 4.90 Å². The van der Waals surface area contributed by atoms with Crippen molar-refractivity contribution in [1.82, 2.24) is 0 Å². The van der Waals surface area contributed by atoms with Crippen LogP contribution in [0.5, 0.6) is 0 Å². The molecule has 4 N–H and O–H groups in total. The number of nitrogens with two attached hydrogens (primary N) is 1. The summed E-state index contributed by atoms with van der Waals surface area (Å²) in [5.74, 6) is 0.394. The first-order valence-electron chi connectivity index (χ1n) is 4.22. The van der Waals surface area contributed by atoms with E-state index in [1.165, 1.54) is 0 Å². The van der Waals surface area contributed by atoms with Gasteiger partial charge in [0.15, 0.2) is 0 Å². The van der Waals surface area contributed by atoms with Crippen molar-refractivity contribution < 1.29 is 9.11 Å². The number of fused-ring (bicyclic) bond motifs is 1. The van der Waals surface area contributed by atoms with Gasteiger partial charge in [0, 0.05) is 11.8 Å². The van der Waals surface area contributed by atoms with Gasteiger partial charge in [-0.1, -0.05) is 18.2 Å². The summed E-state index contributed by atoms with van der Waals surface area (Å²) in [5, 5.41) is 0. The van der Waals surface area contributed by atoms with E-state index >= 15 is 0 Å². The molecule has 0 radical (unpaired) electrons. The maximum absolute atomic E-state index is 9.73. The van der Waals surface area contributed by atoms with Crippen LogP contribution in [0.15, 0.2) is 29.2 Å². The van der Waals surface area contributed by atoms with E-state index in [4.69, 9.17) is 5.73 Å². The van der Waals surface area contributed by atoms with Gasteiger partial charge >= 0.3 is 0 Å².